The summed E-state index contributed by atoms with van der Waals surface area (Å²) in [7, 11) is 0. The molecule has 1 saturated heterocycles. The van der Waals surface area contributed by atoms with Crippen LogP contribution in [0.4, 0.5) is 19.0 Å². The molecule has 0 bridgehead atoms. The molecule has 4 aromatic rings. The molecule has 10 heteroatoms. The summed E-state index contributed by atoms with van der Waals surface area (Å²) in [5.41, 5.74) is 2.28. The molecule has 1 fully saturated rings. The van der Waals surface area contributed by atoms with Gasteiger partial charge in [0.25, 0.3) is 0 Å². The number of halogens is 3. The number of pyridine rings is 1. The van der Waals surface area contributed by atoms with Gasteiger partial charge in [-0.2, -0.15) is 4.98 Å². The van der Waals surface area contributed by atoms with Crippen molar-refractivity contribution in [1.29, 1.82) is 0 Å². The van der Waals surface area contributed by atoms with Crippen LogP contribution in [0.1, 0.15) is 30.2 Å². The highest BCUT2D eigenvalue weighted by molar-refractivity contribution is 5.81. The lowest BCUT2D eigenvalue weighted by Crippen LogP contribution is -2.33. The Morgan fingerprint density at radius 2 is 1.76 bits per heavy atom. The van der Waals surface area contributed by atoms with E-state index < -0.39 is 6.36 Å². The Hall–Kier alpha value is -3.66. The number of aromatic nitrogens is 3. The first-order valence-corrected chi connectivity index (χ1v) is 10.8. The molecule has 1 N–H and O–H groups in total. The second-order valence-corrected chi connectivity index (χ2v) is 8.14. The Kier molecular flexibility index (Phi) is 5.82. The van der Waals surface area contributed by atoms with Crippen molar-refractivity contribution < 1.29 is 27.5 Å². The molecular formula is C24H21F3N4O3. The molecule has 1 aliphatic heterocycles. The zero-order valence-corrected chi connectivity index (χ0v) is 18.0. The molecule has 0 spiro atoms. The van der Waals surface area contributed by atoms with Crippen molar-refractivity contribution in [2.45, 2.75) is 31.7 Å². The van der Waals surface area contributed by atoms with E-state index in [9.17, 15) is 18.3 Å². The molecule has 176 valence electrons. The largest absolute Gasteiger partial charge is 0.573 e. The molecule has 0 saturated carbocycles. The zero-order valence-electron chi connectivity index (χ0n) is 18.0. The highest BCUT2D eigenvalue weighted by Gasteiger charge is 2.31. The maximum atomic E-state index is 12.3. The van der Waals surface area contributed by atoms with Crippen molar-refractivity contribution in [1.82, 2.24) is 15.1 Å². The number of aliphatic hydroxyl groups is 1. The average Bonchev–Trinajstić information content (AvgIpc) is 3.33. The summed E-state index contributed by atoms with van der Waals surface area (Å²) in [5, 5.41) is 14.3. The Labute approximate surface area is 192 Å². The van der Waals surface area contributed by atoms with E-state index in [1.807, 2.05) is 30.3 Å². The smallest absolute Gasteiger partial charge is 0.406 e. The van der Waals surface area contributed by atoms with Gasteiger partial charge in [-0.15, -0.1) is 13.2 Å². The van der Waals surface area contributed by atoms with Gasteiger partial charge in [-0.1, -0.05) is 11.2 Å². The van der Waals surface area contributed by atoms with Gasteiger partial charge in [0.15, 0.2) is 0 Å². The zero-order chi connectivity index (χ0) is 23.7. The van der Waals surface area contributed by atoms with Gasteiger partial charge < -0.3 is 19.3 Å². The summed E-state index contributed by atoms with van der Waals surface area (Å²) in [4.78, 5) is 11.4. The fraction of sp³-hybridized carbons (Fsp3) is 0.292. The number of nitrogens with zero attached hydrogens (tertiary/aromatic N) is 4. The lowest BCUT2D eigenvalue weighted by Gasteiger charge is -2.31. The third-order valence-electron chi connectivity index (χ3n) is 5.88. The van der Waals surface area contributed by atoms with E-state index in [-0.39, 0.29) is 18.3 Å². The van der Waals surface area contributed by atoms with Gasteiger partial charge in [0.1, 0.15) is 11.6 Å². The number of benzene rings is 2. The molecule has 3 heterocycles. The van der Waals surface area contributed by atoms with Crippen LogP contribution in [-0.4, -0.2) is 39.7 Å². The van der Waals surface area contributed by atoms with Crippen LogP contribution in [0, 0.1) is 0 Å². The lowest BCUT2D eigenvalue weighted by molar-refractivity contribution is -0.274. The van der Waals surface area contributed by atoms with Crippen molar-refractivity contribution >= 4 is 16.7 Å². The number of hydrogen-bond acceptors (Lipinski definition) is 7. The van der Waals surface area contributed by atoms with Crippen molar-refractivity contribution in [3.63, 3.8) is 0 Å². The predicted molar refractivity (Wildman–Crippen MR) is 118 cm³/mol. The maximum absolute atomic E-state index is 12.3. The summed E-state index contributed by atoms with van der Waals surface area (Å²) >= 11 is 0. The van der Waals surface area contributed by atoms with E-state index in [2.05, 4.69) is 19.8 Å². The fourth-order valence-corrected chi connectivity index (χ4v) is 4.12. The first kappa shape index (κ1) is 22.1. The molecule has 0 aliphatic carbocycles. The lowest BCUT2D eigenvalue weighted by atomic mass is 9.96. The summed E-state index contributed by atoms with van der Waals surface area (Å²) in [6.45, 7) is 1.55. The summed E-state index contributed by atoms with van der Waals surface area (Å²) < 4.78 is 46.3. The van der Waals surface area contributed by atoms with E-state index in [1.54, 1.807) is 0 Å². The minimum absolute atomic E-state index is 0.000372. The van der Waals surface area contributed by atoms with E-state index in [1.165, 1.54) is 24.3 Å². The third-order valence-corrected chi connectivity index (χ3v) is 5.88. The van der Waals surface area contributed by atoms with Gasteiger partial charge in [0.2, 0.25) is 11.7 Å². The first-order valence-electron chi connectivity index (χ1n) is 10.8. The molecule has 2 aromatic carbocycles. The molecule has 0 unspecified atom stereocenters. The number of anilines is 1. The van der Waals surface area contributed by atoms with Gasteiger partial charge in [-0.3, -0.25) is 0 Å². The predicted octanol–water partition coefficient (Wildman–Crippen LogP) is 5.06. The number of rotatable bonds is 5. The summed E-state index contributed by atoms with van der Waals surface area (Å²) in [6.07, 6.45) is -3.12. The van der Waals surface area contributed by atoms with Crippen LogP contribution in [-0.2, 0) is 6.61 Å². The van der Waals surface area contributed by atoms with Crippen LogP contribution >= 0.6 is 0 Å². The van der Waals surface area contributed by atoms with E-state index in [0.717, 1.165) is 48.2 Å². The monoisotopic (exact) mass is 470 g/mol. The minimum atomic E-state index is -4.73. The minimum Gasteiger partial charge on any atom is -0.406 e. The number of piperidine rings is 1. The number of aliphatic hydroxyl groups excluding tert-OH is 1. The topological polar surface area (TPSA) is 84.5 Å². The number of ether oxygens (including phenoxy) is 1. The summed E-state index contributed by atoms with van der Waals surface area (Å²) in [6, 6.07) is 15.1. The van der Waals surface area contributed by atoms with Crippen molar-refractivity contribution in [2.24, 2.45) is 0 Å². The van der Waals surface area contributed by atoms with Crippen LogP contribution in [0.5, 0.6) is 5.75 Å². The number of alkyl halides is 3. The van der Waals surface area contributed by atoms with Crippen LogP contribution in [0.2, 0.25) is 0 Å². The highest BCUT2D eigenvalue weighted by atomic mass is 19.4. The Morgan fingerprint density at radius 3 is 2.47 bits per heavy atom. The van der Waals surface area contributed by atoms with E-state index in [0.29, 0.717) is 17.3 Å². The second kappa shape index (κ2) is 8.94. The first-order chi connectivity index (χ1) is 16.4. The van der Waals surface area contributed by atoms with Gasteiger partial charge >= 0.3 is 6.36 Å². The maximum Gasteiger partial charge on any atom is 0.573 e. The SMILES string of the molecule is OCc1ccc2nc(N3CCC(c4nc(-c5ccc(OC(F)(F)F)cc5)no4)CC3)ccc2c1. The molecule has 0 amide bonds. The third kappa shape index (κ3) is 4.81. The van der Waals surface area contributed by atoms with Crippen molar-refractivity contribution in [3.8, 4) is 17.1 Å². The Balaban J connectivity index is 1.23. The van der Waals surface area contributed by atoms with Crippen LogP contribution in [0.3, 0.4) is 0 Å². The number of hydrogen-bond donors (Lipinski definition) is 1. The van der Waals surface area contributed by atoms with Crippen LogP contribution in [0.25, 0.3) is 22.3 Å². The average molecular weight is 470 g/mol. The number of fused-ring (bicyclic) bond motifs is 1. The van der Waals surface area contributed by atoms with Gasteiger partial charge in [-0.05, 0) is 66.9 Å². The summed E-state index contributed by atoms with van der Waals surface area (Å²) in [5.74, 6) is 1.54. The molecule has 7 nitrogen and oxygen atoms in total. The molecule has 0 radical (unpaired) electrons. The van der Waals surface area contributed by atoms with Crippen LogP contribution in [0.15, 0.2) is 59.1 Å². The van der Waals surface area contributed by atoms with E-state index in [4.69, 9.17) is 9.51 Å². The quantitative estimate of drug-likeness (QED) is 0.436. The normalized spacial score (nSPS) is 15.1. The Morgan fingerprint density at radius 1 is 1.00 bits per heavy atom. The standard InChI is InChI=1S/C24H21F3N4O3/c25-24(26,27)33-19-5-2-16(3-6-19)22-29-23(34-30-22)17-9-11-31(12-10-17)21-8-4-18-13-15(14-32)1-7-20(18)28-21/h1-8,13,17,32H,9-12,14H2. The molecule has 2 aromatic heterocycles. The fourth-order valence-electron chi connectivity index (χ4n) is 4.12. The molecule has 0 atom stereocenters. The molecular weight excluding hydrogens is 449 g/mol. The van der Waals surface area contributed by atoms with Gasteiger partial charge in [0, 0.05) is 30.0 Å². The van der Waals surface area contributed by atoms with E-state index >= 15 is 0 Å². The second-order valence-electron chi connectivity index (χ2n) is 8.14. The van der Waals surface area contributed by atoms with Gasteiger partial charge in [-0.25, -0.2) is 4.98 Å². The molecule has 1 aliphatic rings. The van der Waals surface area contributed by atoms with Crippen molar-refractivity contribution in [2.75, 3.05) is 18.0 Å². The molecule has 34 heavy (non-hydrogen) atoms. The highest BCUT2D eigenvalue weighted by Crippen LogP contribution is 2.31. The van der Waals surface area contributed by atoms with Crippen molar-refractivity contribution in [3.05, 3.63) is 66.1 Å². The van der Waals surface area contributed by atoms with Crippen LogP contribution < -0.4 is 9.64 Å². The Bertz CT molecular complexity index is 1280. The molecule has 5 rings (SSSR count). The van der Waals surface area contributed by atoms with Gasteiger partial charge in [0.05, 0.1) is 12.1 Å².